The van der Waals surface area contributed by atoms with Gasteiger partial charge in [0.15, 0.2) is 0 Å². The monoisotopic (exact) mass is 377 g/mol. The van der Waals surface area contributed by atoms with Crippen LogP contribution in [0.4, 0.5) is 13.2 Å². The lowest BCUT2D eigenvalue weighted by molar-refractivity contribution is -0.137. The van der Waals surface area contributed by atoms with Crippen molar-refractivity contribution in [3.8, 4) is 11.3 Å². The van der Waals surface area contributed by atoms with E-state index in [4.69, 9.17) is 0 Å². The second kappa shape index (κ2) is 7.40. The van der Waals surface area contributed by atoms with Gasteiger partial charge in [0.05, 0.1) is 28.9 Å². The molecule has 0 aliphatic rings. The highest BCUT2D eigenvalue weighted by molar-refractivity contribution is 6.02. The quantitative estimate of drug-likeness (QED) is 0.741. The molecular formula is C19H18F3N3O2. The summed E-state index contributed by atoms with van der Waals surface area (Å²) in [6, 6.07) is 9.83. The molecule has 3 aromatic rings. The van der Waals surface area contributed by atoms with Crippen molar-refractivity contribution < 1.29 is 23.1 Å². The van der Waals surface area contributed by atoms with E-state index in [1.54, 1.807) is 25.1 Å². The van der Waals surface area contributed by atoms with E-state index >= 15 is 0 Å². The molecule has 0 atom stereocenters. The third kappa shape index (κ3) is 3.66. The summed E-state index contributed by atoms with van der Waals surface area (Å²) < 4.78 is 40.9. The maximum atomic E-state index is 13.1. The highest BCUT2D eigenvalue weighted by Crippen LogP contribution is 2.34. The molecule has 1 aromatic carbocycles. The van der Waals surface area contributed by atoms with Crippen LogP contribution >= 0.6 is 0 Å². The minimum atomic E-state index is -4.49. The molecule has 0 saturated heterocycles. The highest BCUT2D eigenvalue weighted by atomic mass is 19.4. The first kappa shape index (κ1) is 18.9. The van der Waals surface area contributed by atoms with Crippen LogP contribution in [-0.2, 0) is 6.18 Å². The van der Waals surface area contributed by atoms with Gasteiger partial charge in [-0.1, -0.05) is 12.1 Å². The Labute approximate surface area is 153 Å². The van der Waals surface area contributed by atoms with Crippen LogP contribution in [0.2, 0.25) is 0 Å². The van der Waals surface area contributed by atoms with Crippen LogP contribution < -0.4 is 0 Å². The van der Waals surface area contributed by atoms with E-state index < -0.39 is 11.7 Å². The predicted molar refractivity (Wildman–Crippen MR) is 94.3 cm³/mol. The Bertz CT molecular complexity index is 966. The minimum absolute atomic E-state index is 0.136. The smallest absolute Gasteiger partial charge is 0.395 e. The van der Waals surface area contributed by atoms with Crippen molar-refractivity contribution in [1.82, 2.24) is 14.5 Å². The zero-order chi connectivity index (χ0) is 19.6. The number of rotatable bonds is 5. The highest BCUT2D eigenvalue weighted by Gasteiger charge is 2.31. The van der Waals surface area contributed by atoms with Crippen LogP contribution in [0.25, 0.3) is 16.8 Å². The Balaban J connectivity index is 2.21. The van der Waals surface area contributed by atoms with Gasteiger partial charge in [0, 0.05) is 24.8 Å². The molecule has 0 fully saturated rings. The molecule has 142 valence electrons. The van der Waals surface area contributed by atoms with Gasteiger partial charge in [-0.05, 0) is 37.3 Å². The van der Waals surface area contributed by atoms with E-state index in [0.29, 0.717) is 12.1 Å². The molecule has 1 amide bonds. The number of alkyl halides is 3. The minimum Gasteiger partial charge on any atom is -0.395 e. The lowest BCUT2D eigenvalue weighted by atomic mass is 10.0. The fraction of sp³-hybridized carbons (Fsp3) is 0.263. The van der Waals surface area contributed by atoms with E-state index in [-0.39, 0.29) is 35.9 Å². The summed E-state index contributed by atoms with van der Waals surface area (Å²) in [6.07, 6.45) is -2.99. The Hall–Kier alpha value is -2.87. The Kier molecular flexibility index (Phi) is 5.18. The summed E-state index contributed by atoms with van der Waals surface area (Å²) in [5.41, 5.74) is 0.564. The molecule has 1 N–H and O–H groups in total. The maximum absolute atomic E-state index is 13.1. The van der Waals surface area contributed by atoms with E-state index in [1.807, 2.05) is 0 Å². The van der Waals surface area contributed by atoms with Crippen LogP contribution in [0.3, 0.4) is 0 Å². The molecule has 5 nitrogen and oxygen atoms in total. The van der Waals surface area contributed by atoms with Crippen molar-refractivity contribution in [1.29, 1.82) is 0 Å². The zero-order valence-corrected chi connectivity index (χ0v) is 14.6. The van der Waals surface area contributed by atoms with Crippen LogP contribution in [0, 0.1) is 0 Å². The first-order chi connectivity index (χ1) is 12.9. The third-order valence-electron chi connectivity index (χ3n) is 4.27. The SMILES string of the molecule is CCN(CCO)C(=O)c1cc2cccnn2c1-c1cccc(C(F)(F)F)c1. The normalized spacial score (nSPS) is 11.7. The standard InChI is InChI=1S/C19H18F3N3O2/c1-2-24(9-10-26)18(27)16-12-15-7-4-8-23-25(15)17(16)13-5-3-6-14(11-13)19(20,21)22/h3-8,11-12,26H,2,9-10H2,1H3. The average molecular weight is 377 g/mol. The lowest BCUT2D eigenvalue weighted by Crippen LogP contribution is -2.33. The predicted octanol–water partition coefficient (Wildman–Crippen LogP) is 3.47. The number of halogens is 3. The Morgan fingerprint density at radius 2 is 2.00 bits per heavy atom. The van der Waals surface area contributed by atoms with E-state index in [0.717, 1.165) is 12.1 Å². The Morgan fingerprint density at radius 3 is 2.67 bits per heavy atom. The van der Waals surface area contributed by atoms with Crippen LogP contribution in [0.5, 0.6) is 0 Å². The number of fused-ring (bicyclic) bond motifs is 1. The molecule has 0 unspecified atom stereocenters. The molecule has 0 aliphatic heterocycles. The number of nitrogens with zero attached hydrogens (tertiary/aromatic N) is 3. The number of hydrogen-bond donors (Lipinski definition) is 1. The van der Waals surface area contributed by atoms with Crippen molar-refractivity contribution in [2.24, 2.45) is 0 Å². The molecule has 2 aromatic heterocycles. The summed E-state index contributed by atoms with van der Waals surface area (Å²) in [5, 5.41) is 13.4. The molecule has 27 heavy (non-hydrogen) atoms. The number of aliphatic hydroxyl groups excluding tert-OH is 1. The van der Waals surface area contributed by atoms with Gasteiger partial charge < -0.3 is 10.0 Å². The number of likely N-dealkylation sites (N-methyl/N-ethyl adjacent to an activating group) is 1. The maximum Gasteiger partial charge on any atom is 0.416 e. The first-order valence-corrected chi connectivity index (χ1v) is 8.41. The second-order valence-electron chi connectivity index (χ2n) is 5.95. The zero-order valence-electron chi connectivity index (χ0n) is 14.6. The third-order valence-corrected chi connectivity index (χ3v) is 4.27. The van der Waals surface area contributed by atoms with E-state index in [9.17, 15) is 23.1 Å². The fourth-order valence-electron chi connectivity index (χ4n) is 2.99. The number of amides is 1. The average Bonchev–Trinajstić information content (AvgIpc) is 3.04. The lowest BCUT2D eigenvalue weighted by Gasteiger charge is -2.20. The van der Waals surface area contributed by atoms with Crippen molar-refractivity contribution in [2.75, 3.05) is 19.7 Å². The van der Waals surface area contributed by atoms with E-state index in [2.05, 4.69) is 5.10 Å². The molecule has 2 heterocycles. The molecule has 0 spiro atoms. The van der Waals surface area contributed by atoms with Crippen molar-refractivity contribution >= 4 is 11.4 Å². The summed E-state index contributed by atoms with van der Waals surface area (Å²) in [4.78, 5) is 14.4. The summed E-state index contributed by atoms with van der Waals surface area (Å²) >= 11 is 0. The molecular weight excluding hydrogens is 359 g/mol. The molecule has 0 bridgehead atoms. The topological polar surface area (TPSA) is 57.8 Å². The summed E-state index contributed by atoms with van der Waals surface area (Å²) in [6.45, 7) is 2.06. The number of carbonyl (C=O) groups is 1. The van der Waals surface area contributed by atoms with E-state index in [1.165, 1.54) is 27.7 Å². The van der Waals surface area contributed by atoms with Crippen LogP contribution in [0.15, 0.2) is 48.7 Å². The summed E-state index contributed by atoms with van der Waals surface area (Å²) in [5.74, 6) is -0.371. The van der Waals surface area contributed by atoms with Gasteiger partial charge in [0.2, 0.25) is 0 Å². The molecule has 0 radical (unpaired) electrons. The van der Waals surface area contributed by atoms with Gasteiger partial charge in [0.1, 0.15) is 0 Å². The van der Waals surface area contributed by atoms with Gasteiger partial charge in [-0.2, -0.15) is 18.3 Å². The van der Waals surface area contributed by atoms with Crippen molar-refractivity contribution in [3.05, 3.63) is 59.8 Å². The van der Waals surface area contributed by atoms with Crippen molar-refractivity contribution in [2.45, 2.75) is 13.1 Å². The fourth-order valence-corrected chi connectivity index (χ4v) is 2.99. The first-order valence-electron chi connectivity index (χ1n) is 8.41. The largest absolute Gasteiger partial charge is 0.416 e. The van der Waals surface area contributed by atoms with Gasteiger partial charge in [-0.25, -0.2) is 4.52 Å². The van der Waals surface area contributed by atoms with Gasteiger partial charge >= 0.3 is 6.18 Å². The number of aliphatic hydroxyl groups is 1. The van der Waals surface area contributed by atoms with Crippen LogP contribution in [0.1, 0.15) is 22.8 Å². The Morgan fingerprint density at radius 1 is 1.22 bits per heavy atom. The van der Waals surface area contributed by atoms with Crippen LogP contribution in [-0.4, -0.2) is 45.2 Å². The number of benzene rings is 1. The van der Waals surface area contributed by atoms with Gasteiger partial charge in [-0.3, -0.25) is 4.79 Å². The molecule has 0 saturated carbocycles. The summed E-state index contributed by atoms with van der Waals surface area (Å²) in [7, 11) is 0. The second-order valence-corrected chi connectivity index (χ2v) is 5.95. The van der Waals surface area contributed by atoms with Gasteiger partial charge in [-0.15, -0.1) is 0 Å². The van der Waals surface area contributed by atoms with Crippen molar-refractivity contribution in [3.63, 3.8) is 0 Å². The number of carbonyl (C=O) groups excluding carboxylic acids is 1. The van der Waals surface area contributed by atoms with Gasteiger partial charge in [0.25, 0.3) is 5.91 Å². The molecule has 3 rings (SSSR count). The number of aromatic nitrogens is 2. The molecule has 8 heteroatoms. The number of hydrogen-bond acceptors (Lipinski definition) is 3. The molecule has 0 aliphatic carbocycles.